The molecule has 3 rings (SSSR count). The van der Waals surface area contributed by atoms with E-state index in [1.54, 1.807) is 30.3 Å². The molecule has 3 aromatic carbocycles. The number of nitrogens with zero attached hydrogens (tertiary/aromatic N) is 1. The van der Waals surface area contributed by atoms with E-state index >= 15 is 0 Å². The van der Waals surface area contributed by atoms with Crippen LogP contribution >= 0.6 is 0 Å². The molecule has 0 bridgehead atoms. The lowest BCUT2D eigenvalue weighted by atomic mass is 10.1. The molecule has 2 N–H and O–H groups in total. The maximum Gasteiger partial charge on any atom is 0.287 e. The van der Waals surface area contributed by atoms with E-state index in [-0.39, 0.29) is 11.6 Å². The lowest BCUT2D eigenvalue weighted by Gasteiger charge is -2.09. The topological polar surface area (TPSA) is 70.6 Å². The van der Waals surface area contributed by atoms with Gasteiger partial charge in [-0.25, -0.2) is 5.43 Å². The number of hydrogen-bond acceptors (Lipinski definition) is 3. The van der Waals surface area contributed by atoms with Crippen LogP contribution in [0.25, 0.3) is 6.08 Å². The normalized spacial score (nSPS) is 11.2. The summed E-state index contributed by atoms with van der Waals surface area (Å²) in [5.74, 6) is -0.884. The summed E-state index contributed by atoms with van der Waals surface area (Å²) in [6.07, 6.45) is 3.14. The van der Waals surface area contributed by atoms with Gasteiger partial charge in [0.2, 0.25) is 0 Å². The number of hydrogen-bond donors (Lipinski definition) is 2. The lowest BCUT2D eigenvalue weighted by Crippen LogP contribution is -2.32. The van der Waals surface area contributed by atoms with Gasteiger partial charge in [0, 0.05) is 5.56 Å². The van der Waals surface area contributed by atoms with Gasteiger partial charge in [-0.05, 0) is 29.3 Å². The molecule has 0 saturated heterocycles. The highest BCUT2D eigenvalue weighted by molar-refractivity contribution is 6.05. The monoisotopic (exact) mass is 369 g/mol. The van der Waals surface area contributed by atoms with Crippen LogP contribution in [0, 0.1) is 0 Å². The summed E-state index contributed by atoms with van der Waals surface area (Å²) < 4.78 is 0. The number of hydrazone groups is 1. The molecule has 0 unspecified atom stereocenters. The summed E-state index contributed by atoms with van der Waals surface area (Å²) in [5, 5.41) is 6.63. The first-order valence-corrected chi connectivity index (χ1v) is 8.74. The van der Waals surface area contributed by atoms with E-state index in [1.807, 2.05) is 66.7 Å². The van der Waals surface area contributed by atoms with E-state index in [0.717, 1.165) is 11.1 Å². The van der Waals surface area contributed by atoms with Crippen molar-refractivity contribution in [2.45, 2.75) is 0 Å². The van der Waals surface area contributed by atoms with Gasteiger partial charge in [0.05, 0.1) is 6.21 Å². The van der Waals surface area contributed by atoms with Gasteiger partial charge in [0.15, 0.2) is 0 Å². The van der Waals surface area contributed by atoms with Gasteiger partial charge < -0.3 is 5.32 Å². The molecule has 5 nitrogen and oxygen atoms in total. The largest absolute Gasteiger partial charge is 0.317 e. The van der Waals surface area contributed by atoms with Gasteiger partial charge in [0.25, 0.3) is 11.8 Å². The fourth-order valence-electron chi connectivity index (χ4n) is 2.42. The summed E-state index contributed by atoms with van der Waals surface area (Å²) >= 11 is 0. The van der Waals surface area contributed by atoms with Crippen LogP contribution in [-0.4, -0.2) is 18.0 Å². The number of benzene rings is 3. The van der Waals surface area contributed by atoms with Crippen molar-refractivity contribution in [3.05, 3.63) is 113 Å². The van der Waals surface area contributed by atoms with Gasteiger partial charge in [-0.15, -0.1) is 0 Å². The molecule has 0 spiro atoms. The van der Waals surface area contributed by atoms with Crippen LogP contribution in [-0.2, 0) is 4.79 Å². The van der Waals surface area contributed by atoms with Gasteiger partial charge in [0.1, 0.15) is 5.70 Å². The second-order valence-electron chi connectivity index (χ2n) is 5.90. The standard InChI is InChI=1S/C23H19N3O2/c27-22(20-14-8-3-9-15-20)25-21(16-18-10-4-1-5-11-18)23(28)26-24-17-19-12-6-2-7-13-19/h1-17H,(H,25,27)(H,26,28)/b21-16-,24-17-. The fourth-order valence-corrected chi connectivity index (χ4v) is 2.42. The van der Waals surface area contributed by atoms with Gasteiger partial charge in [-0.2, -0.15) is 5.10 Å². The molecule has 0 atom stereocenters. The molecule has 0 saturated carbocycles. The van der Waals surface area contributed by atoms with Gasteiger partial charge in [-0.1, -0.05) is 78.9 Å². The predicted molar refractivity (Wildman–Crippen MR) is 111 cm³/mol. The van der Waals surface area contributed by atoms with Crippen LogP contribution in [0.3, 0.4) is 0 Å². The highest BCUT2D eigenvalue weighted by Gasteiger charge is 2.14. The van der Waals surface area contributed by atoms with E-state index in [4.69, 9.17) is 0 Å². The Hall–Kier alpha value is -3.99. The Balaban J connectivity index is 1.77. The summed E-state index contributed by atoms with van der Waals surface area (Å²) in [6.45, 7) is 0. The molecular formula is C23H19N3O2. The van der Waals surface area contributed by atoms with Crippen molar-refractivity contribution in [2.75, 3.05) is 0 Å². The fraction of sp³-hybridized carbons (Fsp3) is 0. The summed E-state index contributed by atoms with van der Waals surface area (Å²) in [7, 11) is 0. The van der Waals surface area contributed by atoms with Crippen molar-refractivity contribution < 1.29 is 9.59 Å². The highest BCUT2D eigenvalue weighted by Crippen LogP contribution is 2.07. The molecule has 0 aliphatic rings. The minimum Gasteiger partial charge on any atom is -0.317 e. The highest BCUT2D eigenvalue weighted by atomic mass is 16.2. The molecule has 0 fully saturated rings. The van der Waals surface area contributed by atoms with Crippen LogP contribution in [0.2, 0.25) is 0 Å². The molecule has 0 heterocycles. The Bertz CT molecular complexity index is 982. The first kappa shape index (κ1) is 18.8. The number of nitrogens with one attached hydrogen (secondary N) is 2. The van der Waals surface area contributed by atoms with Crippen LogP contribution < -0.4 is 10.7 Å². The number of carbonyl (C=O) groups is 2. The third kappa shape index (κ3) is 5.51. The molecule has 0 radical (unpaired) electrons. The Morgan fingerprint density at radius 1 is 0.714 bits per heavy atom. The Morgan fingerprint density at radius 2 is 1.25 bits per heavy atom. The molecule has 5 heteroatoms. The average molecular weight is 369 g/mol. The van der Waals surface area contributed by atoms with Crippen LogP contribution in [0.5, 0.6) is 0 Å². The first-order chi connectivity index (χ1) is 13.7. The number of rotatable bonds is 6. The SMILES string of the molecule is O=C(N/N=C\c1ccccc1)/C(=C/c1ccccc1)NC(=O)c1ccccc1. The Morgan fingerprint density at radius 3 is 1.86 bits per heavy atom. The lowest BCUT2D eigenvalue weighted by molar-refractivity contribution is -0.117. The van der Waals surface area contributed by atoms with Crippen molar-refractivity contribution in [2.24, 2.45) is 5.10 Å². The molecule has 2 amide bonds. The first-order valence-electron chi connectivity index (χ1n) is 8.74. The van der Waals surface area contributed by atoms with Gasteiger partial charge in [-0.3, -0.25) is 9.59 Å². The molecule has 0 aromatic heterocycles. The molecular weight excluding hydrogens is 350 g/mol. The van der Waals surface area contributed by atoms with E-state index in [2.05, 4.69) is 15.8 Å². The van der Waals surface area contributed by atoms with Crippen LogP contribution in [0.15, 0.2) is 102 Å². The van der Waals surface area contributed by atoms with Gasteiger partial charge >= 0.3 is 0 Å². The van der Waals surface area contributed by atoms with Crippen LogP contribution in [0.1, 0.15) is 21.5 Å². The zero-order valence-corrected chi connectivity index (χ0v) is 15.1. The molecule has 0 aliphatic heterocycles. The quantitative estimate of drug-likeness (QED) is 0.396. The minimum atomic E-state index is -0.514. The predicted octanol–water partition coefficient (Wildman–Crippen LogP) is 3.61. The molecule has 3 aromatic rings. The number of carbonyl (C=O) groups excluding carboxylic acids is 2. The van der Waals surface area contributed by atoms with Crippen molar-refractivity contribution in [1.82, 2.24) is 10.7 Å². The number of amides is 2. The van der Waals surface area contributed by atoms with Crippen molar-refractivity contribution in [3.8, 4) is 0 Å². The smallest absolute Gasteiger partial charge is 0.287 e. The van der Waals surface area contributed by atoms with Crippen LogP contribution in [0.4, 0.5) is 0 Å². The summed E-state index contributed by atoms with van der Waals surface area (Å²) in [6, 6.07) is 27.4. The van der Waals surface area contributed by atoms with E-state index in [1.165, 1.54) is 6.21 Å². The zero-order valence-electron chi connectivity index (χ0n) is 15.1. The Labute approximate surface area is 163 Å². The van der Waals surface area contributed by atoms with E-state index < -0.39 is 5.91 Å². The minimum absolute atomic E-state index is 0.102. The molecule has 28 heavy (non-hydrogen) atoms. The second kappa shape index (κ2) is 9.64. The van der Waals surface area contributed by atoms with E-state index in [0.29, 0.717) is 5.56 Å². The van der Waals surface area contributed by atoms with E-state index in [9.17, 15) is 9.59 Å². The summed E-state index contributed by atoms with van der Waals surface area (Å²) in [4.78, 5) is 25.1. The maximum absolute atomic E-state index is 12.6. The summed E-state index contributed by atoms with van der Waals surface area (Å²) in [5.41, 5.74) is 4.65. The van der Waals surface area contributed by atoms with Crippen molar-refractivity contribution >= 4 is 24.1 Å². The third-order valence-electron chi connectivity index (χ3n) is 3.82. The average Bonchev–Trinajstić information content (AvgIpc) is 2.75. The second-order valence-corrected chi connectivity index (χ2v) is 5.90. The Kier molecular flexibility index (Phi) is 6.47. The zero-order chi connectivity index (χ0) is 19.6. The van der Waals surface area contributed by atoms with Crippen molar-refractivity contribution in [3.63, 3.8) is 0 Å². The van der Waals surface area contributed by atoms with Crippen molar-refractivity contribution in [1.29, 1.82) is 0 Å². The molecule has 138 valence electrons. The molecule has 0 aliphatic carbocycles. The maximum atomic E-state index is 12.6. The third-order valence-corrected chi connectivity index (χ3v) is 3.82.